The number of amides is 1. The second-order valence-electron chi connectivity index (χ2n) is 5.59. The van der Waals surface area contributed by atoms with Crippen molar-refractivity contribution in [1.82, 2.24) is 10.3 Å². The van der Waals surface area contributed by atoms with E-state index >= 15 is 0 Å². The van der Waals surface area contributed by atoms with Crippen molar-refractivity contribution in [1.29, 1.82) is 0 Å². The molecule has 0 atom stereocenters. The average molecular weight is 431 g/mol. The van der Waals surface area contributed by atoms with Crippen LogP contribution in [0.5, 0.6) is 5.75 Å². The minimum atomic E-state index is -4.75. The number of halogens is 4. The zero-order valence-electron chi connectivity index (χ0n) is 13.5. The first-order valence-corrected chi connectivity index (χ1v) is 8.43. The van der Waals surface area contributed by atoms with Crippen LogP contribution in [0.25, 0.3) is 10.9 Å². The summed E-state index contributed by atoms with van der Waals surface area (Å²) < 4.78 is 46.8. The molecule has 2 aromatic heterocycles. The number of H-pyrrole nitrogens is 1. The van der Waals surface area contributed by atoms with Crippen molar-refractivity contribution >= 4 is 32.7 Å². The Morgan fingerprint density at radius 3 is 2.73 bits per heavy atom. The van der Waals surface area contributed by atoms with E-state index in [9.17, 15) is 18.0 Å². The first kappa shape index (κ1) is 18.4. The molecule has 0 fully saturated rings. The van der Waals surface area contributed by atoms with Crippen LogP contribution in [-0.4, -0.2) is 23.8 Å². The summed E-state index contributed by atoms with van der Waals surface area (Å²) in [5.74, 6) is -0.475. The zero-order chi connectivity index (χ0) is 18.9. The number of ether oxygens (including phenoxy) is 1. The minimum Gasteiger partial charge on any atom is -0.444 e. The first-order chi connectivity index (χ1) is 12.2. The van der Waals surface area contributed by atoms with E-state index < -0.39 is 6.36 Å². The normalized spacial score (nSPS) is 11.7. The lowest BCUT2D eigenvalue weighted by Gasteiger charge is -2.09. The summed E-state index contributed by atoms with van der Waals surface area (Å²) in [7, 11) is 0. The molecule has 2 heterocycles. The van der Waals surface area contributed by atoms with E-state index in [0.29, 0.717) is 28.5 Å². The molecule has 3 rings (SSSR count). The minimum absolute atomic E-state index is 0.174. The van der Waals surface area contributed by atoms with Crippen molar-refractivity contribution in [3.8, 4) is 5.75 Å². The Bertz CT molecular complexity index is 947. The molecule has 0 saturated heterocycles. The van der Waals surface area contributed by atoms with Crippen LogP contribution in [0.15, 0.2) is 39.4 Å². The van der Waals surface area contributed by atoms with E-state index in [1.807, 2.05) is 6.92 Å². The molecule has 0 radical (unpaired) electrons. The van der Waals surface area contributed by atoms with Crippen molar-refractivity contribution in [2.75, 3.05) is 6.54 Å². The van der Waals surface area contributed by atoms with Crippen LogP contribution in [0, 0.1) is 6.92 Å². The van der Waals surface area contributed by atoms with Crippen LogP contribution >= 0.6 is 15.9 Å². The number of nitrogens with one attached hydrogen (secondary N) is 2. The molecule has 9 heteroatoms. The molecule has 0 bridgehead atoms. The fourth-order valence-corrected chi connectivity index (χ4v) is 3.01. The molecular formula is C17H14BrF3N2O3. The van der Waals surface area contributed by atoms with Gasteiger partial charge in [-0.05, 0) is 65.2 Å². The average Bonchev–Trinajstić information content (AvgIpc) is 3.10. The Balaban J connectivity index is 1.73. The Kier molecular flexibility index (Phi) is 4.99. The van der Waals surface area contributed by atoms with Gasteiger partial charge in [0.15, 0.2) is 10.4 Å². The van der Waals surface area contributed by atoms with Gasteiger partial charge in [0.25, 0.3) is 5.91 Å². The van der Waals surface area contributed by atoms with Gasteiger partial charge in [-0.25, -0.2) is 0 Å². The second kappa shape index (κ2) is 7.06. The number of carbonyl (C=O) groups excluding carboxylic acids is 1. The maximum atomic E-state index is 12.4. The molecule has 1 amide bonds. The van der Waals surface area contributed by atoms with Crippen molar-refractivity contribution in [3.05, 3.63) is 52.0 Å². The molecule has 26 heavy (non-hydrogen) atoms. The largest absolute Gasteiger partial charge is 0.573 e. The highest BCUT2D eigenvalue weighted by molar-refractivity contribution is 9.10. The van der Waals surface area contributed by atoms with Crippen molar-refractivity contribution < 1.29 is 27.1 Å². The summed E-state index contributed by atoms with van der Waals surface area (Å²) in [6, 6.07) is 7.28. The van der Waals surface area contributed by atoms with Crippen LogP contribution < -0.4 is 10.1 Å². The number of benzene rings is 1. The Morgan fingerprint density at radius 1 is 1.31 bits per heavy atom. The smallest absolute Gasteiger partial charge is 0.444 e. The van der Waals surface area contributed by atoms with Gasteiger partial charge in [0.2, 0.25) is 0 Å². The molecule has 0 aliphatic carbocycles. The number of rotatable bonds is 5. The van der Waals surface area contributed by atoms with Gasteiger partial charge in [0.1, 0.15) is 5.75 Å². The third-order valence-electron chi connectivity index (χ3n) is 3.78. The van der Waals surface area contributed by atoms with Gasteiger partial charge in [0.05, 0.1) is 0 Å². The zero-order valence-corrected chi connectivity index (χ0v) is 15.1. The molecule has 138 valence electrons. The van der Waals surface area contributed by atoms with Crippen LogP contribution in [0.1, 0.15) is 21.8 Å². The number of hydrogen-bond donors (Lipinski definition) is 2. The van der Waals surface area contributed by atoms with Gasteiger partial charge in [-0.15, -0.1) is 13.2 Å². The van der Waals surface area contributed by atoms with Gasteiger partial charge in [-0.1, -0.05) is 0 Å². The SMILES string of the molecule is Cc1[nH]c2ccc(OC(F)(F)F)cc2c1CCNC(=O)c1ccc(Br)o1. The van der Waals surface area contributed by atoms with Gasteiger partial charge >= 0.3 is 6.36 Å². The Labute approximate surface area is 154 Å². The number of furan rings is 1. The summed E-state index contributed by atoms with van der Waals surface area (Å²) in [5.41, 5.74) is 2.33. The molecule has 0 aliphatic rings. The molecule has 0 aliphatic heterocycles. The van der Waals surface area contributed by atoms with Crippen LogP contribution in [0.2, 0.25) is 0 Å². The third kappa shape index (κ3) is 4.21. The monoisotopic (exact) mass is 430 g/mol. The predicted molar refractivity (Wildman–Crippen MR) is 92.2 cm³/mol. The summed E-state index contributed by atoms with van der Waals surface area (Å²) >= 11 is 3.12. The summed E-state index contributed by atoms with van der Waals surface area (Å²) in [6.45, 7) is 2.13. The lowest BCUT2D eigenvalue weighted by Crippen LogP contribution is -2.25. The van der Waals surface area contributed by atoms with Crippen LogP contribution in [-0.2, 0) is 6.42 Å². The topological polar surface area (TPSA) is 67.3 Å². The Morgan fingerprint density at radius 2 is 2.08 bits per heavy atom. The number of aryl methyl sites for hydroxylation is 1. The molecule has 0 spiro atoms. The van der Waals surface area contributed by atoms with E-state index in [1.165, 1.54) is 24.3 Å². The highest BCUT2D eigenvalue weighted by Crippen LogP contribution is 2.29. The standard InChI is InChI=1S/C17H14BrF3N2O3/c1-9-11(6-7-22-16(24)14-4-5-15(18)25-14)12-8-10(26-17(19,20)21)2-3-13(12)23-9/h2-5,8,23H,6-7H2,1H3,(H,22,24). The van der Waals surface area contributed by atoms with E-state index in [4.69, 9.17) is 4.42 Å². The maximum Gasteiger partial charge on any atom is 0.573 e. The number of fused-ring (bicyclic) bond motifs is 1. The second-order valence-corrected chi connectivity index (χ2v) is 6.37. The molecule has 1 aromatic carbocycles. The molecular weight excluding hydrogens is 417 g/mol. The predicted octanol–water partition coefficient (Wildman–Crippen LogP) is 4.70. The summed E-state index contributed by atoms with van der Waals surface area (Å²) in [4.78, 5) is 15.1. The molecule has 2 N–H and O–H groups in total. The third-order valence-corrected chi connectivity index (χ3v) is 4.21. The highest BCUT2D eigenvalue weighted by atomic mass is 79.9. The van der Waals surface area contributed by atoms with Gasteiger partial charge in [-0.3, -0.25) is 4.79 Å². The van der Waals surface area contributed by atoms with Gasteiger partial charge in [0, 0.05) is 23.1 Å². The fraction of sp³-hybridized carbons (Fsp3) is 0.235. The number of aromatic amines is 1. The van der Waals surface area contributed by atoms with E-state index in [-0.39, 0.29) is 17.4 Å². The van der Waals surface area contributed by atoms with Crippen LogP contribution in [0.4, 0.5) is 13.2 Å². The highest BCUT2D eigenvalue weighted by Gasteiger charge is 2.31. The van der Waals surface area contributed by atoms with Crippen molar-refractivity contribution in [3.63, 3.8) is 0 Å². The van der Waals surface area contributed by atoms with Gasteiger partial charge in [-0.2, -0.15) is 0 Å². The lowest BCUT2D eigenvalue weighted by molar-refractivity contribution is -0.274. The van der Waals surface area contributed by atoms with Crippen molar-refractivity contribution in [2.45, 2.75) is 19.7 Å². The molecule has 3 aromatic rings. The van der Waals surface area contributed by atoms with E-state index in [0.717, 1.165) is 11.3 Å². The van der Waals surface area contributed by atoms with Crippen LogP contribution in [0.3, 0.4) is 0 Å². The quantitative estimate of drug-likeness (QED) is 0.616. The fourth-order valence-electron chi connectivity index (χ4n) is 2.71. The summed E-state index contributed by atoms with van der Waals surface area (Å²) in [5, 5.41) is 3.34. The lowest BCUT2D eigenvalue weighted by atomic mass is 10.1. The number of carbonyl (C=O) groups is 1. The first-order valence-electron chi connectivity index (χ1n) is 7.63. The summed E-state index contributed by atoms with van der Waals surface area (Å²) in [6.07, 6.45) is -4.31. The molecule has 5 nitrogen and oxygen atoms in total. The van der Waals surface area contributed by atoms with Gasteiger partial charge < -0.3 is 19.5 Å². The number of hydrogen-bond acceptors (Lipinski definition) is 3. The Hall–Kier alpha value is -2.42. The maximum absolute atomic E-state index is 12.4. The molecule has 0 saturated carbocycles. The number of alkyl halides is 3. The number of aromatic nitrogens is 1. The molecule has 0 unspecified atom stereocenters. The van der Waals surface area contributed by atoms with E-state index in [1.54, 1.807) is 6.07 Å². The van der Waals surface area contributed by atoms with E-state index in [2.05, 4.69) is 31.0 Å². The van der Waals surface area contributed by atoms with Crippen molar-refractivity contribution in [2.24, 2.45) is 0 Å².